The molecule has 0 spiro atoms. The quantitative estimate of drug-likeness (QED) is 0.336. The van der Waals surface area contributed by atoms with Gasteiger partial charge in [0.1, 0.15) is 0 Å². The molecule has 0 amide bonds. The number of hydrogen-bond acceptors (Lipinski definition) is 0. The summed E-state index contributed by atoms with van der Waals surface area (Å²) in [6.45, 7) is 14.9. The first-order chi connectivity index (χ1) is 15.7. The minimum absolute atomic E-state index is 0. The molecule has 0 nitrogen and oxygen atoms in total. The van der Waals surface area contributed by atoms with Crippen LogP contribution in [-0.4, -0.2) is 0 Å². The van der Waals surface area contributed by atoms with Crippen molar-refractivity contribution in [3.63, 3.8) is 0 Å². The van der Waals surface area contributed by atoms with Crippen LogP contribution in [0.15, 0.2) is 97.2 Å². The molecule has 0 heterocycles. The first-order valence-electron chi connectivity index (χ1n) is 13.0. The van der Waals surface area contributed by atoms with Crippen LogP contribution in [0.2, 0.25) is 0 Å². The first-order valence-corrected chi connectivity index (χ1v) is 13.0. The van der Waals surface area contributed by atoms with Crippen molar-refractivity contribution in [2.75, 3.05) is 0 Å². The summed E-state index contributed by atoms with van der Waals surface area (Å²) < 4.78 is 0. The van der Waals surface area contributed by atoms with E-state index in [1.807, 2.05) is 24.3 Å². The van der Waals surface area contributed by atoms with E-state index in [1.54, 1.807) is 0 Å². The average molecular weight is 752 g/mol. The predicted molar refractivity (Wildman–Crippen MR) is 147 cm³/mol. The number of rotatable bonds is 4. The molecule has 0 aromatic carbocycles. The third kappa shape index (κ3) is 23.0. The topological polar surface area (TPSA) is 0 Å². The molecule has 0 N–H and O–H groups in total. The molecule has 4 rings (SSSR count). The molecular formula is C32H48Br4-4. The van der Waals surface area contributed by atoms with Crippen LogP contribution in [0.3, 0.4) is 0 Å². The van der Waals surface area contributed by atoms with Crippen LogP contribution < -0.4 is 67.9 Å². The zero-order chi connectivity index (χ0) is 23.3. The van der Waals surface area contributed by atoms with Gasteiger partial charge in [-0.15, -0.1) is 0 Å². The summed E-state index contributed by atoms with van der Waals surface area (Å²) >= 11 is 0. The number of halogens is 4. The SMILES string of the molecule is C=CC1=CCCCC1.C=CC1=CCCCC1.C=CC1=CCCCC1.C=CC1=CCCCC1.[Br-].[Br-].[Br-].[Br-]. The van der Waals surface area contributed by atoms with Crippen molar-refractivity contribution in [1.29, 1.82) is 0 Å². The monoisotopic (exact) mass is 748 g/mol. The maximum absolute atomic E-state index is 3.72. The fourth-order valence-electron chi connectivity index (χ4n) is 4.19. The summed E-state index contributed by atoms with van der Waals surface area (Å²) in [7, 11) is 0. The van der Waals surface area contributed by atoms with E-state index < -0.39 is 0 Å². The van der Waals surface area contributed by atoms with Gasteiger partial charge in [-0.25, -0.2) is 0 Å². The fourth-order valence-corrected chi connectivity index (χ4v) is 4.19. The van der Waals surface area contributed by atoms with E-state index in [1.165, 1.54) is 125 Å². The van der Waals surface area contributed by atoms with Crippen molar-refractivity contribution < 1.29 is 67.9 Å². The lowest BCUT2D eigenvalue weighted by molar-refractivity contribution is -0.00100. The molecule has 208 valence electrons. The van der Waals surface area contributed by atoms with E-state index in [0.29, 0.717) is 0 Å². The lowest BCUT2D eigenvalue weighted by Crippen LogP contribution is -3.00. The Bertz CT molecular complexity index is 575. The second-order valence-corrected chi connectivity index (χ2v) is 8.92. The zero-order valence-electron chi connectivity index (χ0n) is 22.3. The summed E-state index contributed by atoms with van der Waals surface area (Å²) in [5.41, 5.74) is 5.76. The smallest absolute Gasteiger partial charge is 0.0282 e. The van der Waals surface area contributed by atoms with E-state index >= 15 is 0 Å². The maximum Gasteiger partial charge on any atom is -0.0282 e. The molecule has 0 radical (unpaired) electrons. The van der Waals surface area contributed by atoms with Crippen molar-refractivity contribution in [2.24, 2.45) is 0 Å². The predicted octanol–water partition coefficient (Wildman–Crippen LogP) is -1.29. The van der Waals surface area contributed by atoms with Gasteiger partial charge in [-0.2, -0.15) is 0 Å². The number of hydrogen-bond donors (Lipinski definition) is 0. The highest BCUT2D eigenvalue weighted by atomic mass is 79.9. The number of allylic oxidation sites excluding steroid dienone is 12. The minimum Gasteiger partial charge on any atom is -1.00 e. The molecule has 0 fully saturated rings. The lowest BCUT2D eigenvalue weighted by atomic mass is 10.0. The van der Waals surface area contributed by atoms with Gasteiger partial charge in [-0.3, -0.25) is 0 Å². The lowest BCUT2D eigenvalue weighted by Gasteiger charge is -2.06. The zero-order valence-corrected chi connectivity index (χ0v) is 28.6. The van der Waals surface area contributed by atoms with E-state index in [0.717, 1.165) is 0 Å². The van der Waals surface area contributed by atoms with Crippen molar-refractivity contribution in [1.82, 2.24) is 0 Å². The van der Waals surface area contributed by atoms with E-state index in [9.17, 15) is 0 Å². The summed E-state index contributed by atoms with van der Waals surface area (Å²) in [6.07, 6.45) is 38.0. The van der Waals surface area contributed by atoms with Gasteiger partial charge in [-0.1, -0.05) is 97.2 Å². The molecule has 0 aromatic rings. The highest BCUT2D eigenvalue weighted by Crippen LogP contribution is 2.19. The van der Waals surface area contributed by atoms with Gasteiger partial charge in [0, 0.05) is 0 Å². The standard InChI is InChI=1S/4C8H12.4BrH/c4*1-2-8-6-4-3-5-7-8;;;;/h4*2,6H,1,3-5,7H2;4*1H/p-4. The molecule has 4 heteroatoms. The van der Waals surface area contributed by atoms with Crippen molar-refractivity contribution in [2.45, 2.75) is 103 Å². The van der Waals surface area contributed by atoms with Crippen LogP contribution in [0.5, 0.6) is 0 Å². The molecule has 4 aliphatic rings. The molecule has 36 heavy (non-hydrogen) atoms. The normalized spacial score (nSPS) is 17.6. The van der Waals surface area contributed by atoms with Gasteiger partial charge in [0.15, 0.2) is 0 Å². The summed E-state index contributed by atoms with van der Waals surface area (Å²) in [5.74, 6) is 0. The highest BCUT2D eigenvalue weighted by molar-refractivity contribution is 5.19. The van der Waals surface area contributed by atoms with Gasteiger partial charge >= 0.3 is 0 Å². The Kier molecular flexibility index (Phi) is 37.0. The Morgan fingerprint density at radius 3 is 0.639 bits per heavy atom. The Morgan fingerprint density at radius 1 is 0.361 bits per heavy atom. The Hall–Kier alpha value is -0.160. The first kappa shape index (κ1) is 42.9. The van der Waals surface area contributed by atoms with E-state index in [-0.39, 0.29) is 67.9 Å². The van der Waals surface area contributed by atoms with Crippen molar-refractivity contribution >= 4 is 0 Å². The Morgan fingerprint density at radius 2 is 0.556 bits per heavy atom. The second-order valence-electron chi connectivity index (χ2n) is 8.92. The molecular weight excluding hydrogens is 704 g/mol. The van der Waals surface area contributed by atoms with Crippen LogP contribution in [0.1, 0.15) is 103 Å². The second kappa shape index (κ2) is 31.1. The largest absolute Gasteiger partial charge is 1.00 e. The van der Waals surface area contributed by atoms with Crippen LogP contribution in [-0.2, 0) is 0 Å². The Balaban J connectivity index is -0.000000183. The van der Waals surface area contributed by atoms with Gasteiger partial charge in [0.2, 0.25) is 0 Å². The minimum atomic E-state index is 0. The van der Waals surface area contributed by atoms with Gasteiger partial charge in [0.05, 0.1) is 0 Å². The maximum atomic E-state index is 3.72. The molecule has 0 bridgehead atoms. The third-order valence-electron chi connectivity index (χ3n) is 6.35. The van der Waals surface area contributed by atoms with Gasteiger partial charge in [0.25, 0.3) is 0 Å². The fraction of sp³-hybridized carbons (Fsp3) is 0.500. The molecule has 0 saturated carbocycles. The van der Waals surface area contributed by atoms with Crippen LogP contribution >= 0.6 is 0 Å². The molecule has 4 aliphatic carbocycles. The van der Waals surface area contributed by atoms with Crippen LogP contribution in [0, 0.1) is 0 Å². The summed E-state index contributed by atoms with van der Waals surface area (Å²) in [6, 6.07) is 0. The van der Waals surface area contributed by atoms with Crippen LogP contribution in [0.25, 0.3) is 0 Å². The van der Waals surface area contributed by atoms with E-state index in [4.69, 9.17) is 0 Å². The average Bonchev–Trinajstić information content (AvgIpc) is 2.91. The van der Waals surface area contributed by atoms with Crippen molar-refractivity contribution in [3.05, 3.63) is 97.2 Å². The van der Waals surface area contributed by atoms with Crippen molar-refractivity contribution in [3.8, 4) is 0 Å². The summed E-state index contributed by atoms with van der Waals surface area (Å²) in [4.78, 5) is 0. The van der Waals surface area contributed by atoms with E-state index in [2.05, 4.69) is 50.6 Å². The molecule has 0 unspecified atom stereocenters. The molecule has 0 atom stereocenters. The van der Waals surface area contributed by atoms with Crippen LogP contribution in [0.4, 0.5) is 0 Å². The Labute approximate surface area is 266 Å². The van der Waals surface area contributed by atoms with Gasteiger partial charge < -0.3 is 67.9 Å². The highest BCUT2D eigenvalue weighted by Gasteiger charge is 1.99. The molecule has 0 aromatic heterocycles. The summed E-state index contributed by atoms with van der Waals surface area (Å²) in [5, 5.41) is 0. The molecule has 0 saturated heterocycles. The third-order valence-corrected chi connectivity index (χ3v) is 6.35. The molecule has 0 aliphatic heterocycles. The van der Waals surface area contributed by atoms with Gasteiger partial charge in [-0.05, 0) is 103 Å².